The molecule has 0 saturated carbocycles. The van der Waals surface area contributed by atoms with Gasteiger partial charge in [-0.15, -0.1) is 0 Å². The lowest BCUT2D eigenvalue weighted by Gasteiger charge is -2.13. The van der Waals surface area contributed by atoms with Gasteiger partial charge in [0.15, 0.2) is 5.71 Å². The van der Waals surface area contributed by atoms with Gasteiger partial charge in [-0.1, -0.05) is 24.3 Å². The minimum absolute atomic E-state index is 0.0284. The highest BCUT2D eigenvalue weighted by molar-refractivity contribution is 6.45. The maximum absolute atomic E-state index is 12.1. The average molecular weight is 217 g/mol. The summed E-state index contributed by atoms with van der Waals surface area (Å²) >= 11 is 0. The van der Waals surface area contributed by atoms with Crippen LogP contribution in [0.1, 0.15) is 11.1 Å². The molecule has 0 fully saturated rings. The van der Waals surface area contributed by atoms with Crippen LogP contribution >= 0.6 is 0 Å². The maximum atomic E-state index is 12.1. The number of fused-ring (bicyclic) bond motifs is 1. The summed E-state index contributed by atoms with van der Waals surface area (Å²) in [5.41, 5.74) is 5.31. The quantitative estimate of drug-likeness (QED) is 0.701. The summed E-state index contributed by atoms with van der Waals surface area (Å²) in [7, 11) is 3.51. The second kappa shape index (κ2) is 4.35. The molecule has 0 spiro atoms. The molecular formula is C12H15N3O. The average Bonchev–Trinajstić information content (AvgIpc) is 2.42. The Balaban J connectivity index is 2.54. The van der Waals surface area contributed by atoms with Gasteiger partial charge in [0.25, 0.3) is 5.91 Å². The van der Waals surface area contributed by atoms with E-state index in [1.54, 1.807) is 19.0 Å². The van der Waals surface area contributed by atoms with E-state index in [-0.39, 0.29) is 5.91 Å². The van der Waals surface area contributed by atoms with Gasteiger partial charge in [0.1, 0.15) is 0 Å². The topological polar surface area (TPSA) is 44.7 Å². The van der Waals surface area contributed by atoms with Crippen molar-refractivity contribution in [2.45, 2.75) is 6.42 Å². The molecule has 2 rings (SSSR count). The highest BCUT2D eigenvalue weighted by atomic mass is 16.2. The number of nitrogens with one attached hydrogen (secondary N) is 1. The Kier molecular flexibility index (Phi) is 2.90. The van der Waals surface area contributed by atoms with Gasteiger partial charge in [0.05, 0.1) is 0 Å². The van der Waals surface area contributed by atoms with E-state index in [0.29, 0.717) is 5.71 Å². The summed E-state index contributed by atoms with van der Waals surface area (Å²) in [5.74, 6) is -0.0284. The number of nitrogens with zero attached hydrogens (tertiary/aromatic N) is 2. The van der Waals surface area contributed by atoms with Gasteiger partial charge in [-0.05, 0) is 12.0 Å². The van der Waals surface area contributed by atoms with Crippen LogP contribution in [-0.2, 0) is 11.2 Å². The summed E-state index contributed by atoms with van der Waals surface area (Å²) < 4.78 is 0. The van der Waals surface area contributed by atoms with Crippen LogP contribution in [0.25, 0.3) is 0 Å². The summed E-state index contributed by atoms with van der Waals surface area (Å²) in [6, 6.07) is 7.92. The zero-order valence-corrected chi connectivity index (χ0v) is 9.53. The normalized spacial score (nSPS) is 18.2. The number of carbonyl (C=O) groups excluding carboxylic acids is 1. The van der Waals surface area contributed by atoms with Crippen molar-refractivity contribution >= 4 is 11.6 Å². The van der Waals surface area contributed by atoms with Crippen LogP contribution < -0.4 is 5.43 Å². The molecule has 0 aliphatic carbocycles. The van der Waals surface area contributed by atoms with Gasteiger partial charge in [-0.25, -0.2) is 0 Å². The molecule has 0 atom stereocenters. The molecule has 0 aromatic heterocycles. The third-order valence-electron chi connectivity index (χ3n) is 2.76. The third-order valence-corrected chi connectivity index (χ3v) is 2.76. The SMILES string of the molecule is CN/N=C1/C(=O)N(C)CCc2ccccc21. The molecule has 4 nitrogen and oxygen atoms in total. The molecular weight excluding hydrogens is 202 g/mol. The Hall–Kier alpha value is -1.84. The van der Waals surface area contributed by atoms with E-state index < -0.39 is 0 Å². The highest BCUT2D eigenvalue weighted by Crippen LogP contribution is 2.16. The van der Waals surface area contributed by atoms with E-state index in [1.165, 1.54) is 5.56 Å². The number of hydrogen-bond donors (Lipinski definition) is 1. The van der Waals surface area contributed by atoms with Gasteiger partial charge in [-0.3, -0.25) is 4.79 Å². The third kappa shape index (κ3) is 1.78. The Labute approximate surface area is 95.0 Å². The number of carbonyl (C=O) groups is 1. The smallest absolute Gasteiger partial charge is 0.274 e. The van der Waals surface area contributed by atoms with Crippen molar-refractivity contribution in [1.82, 2.24) is 10.3 Å². The van der Waals surface area contributed by atoms with Crippen molar-refractivity contribution in [3.8, 4) is 0 Å². The first-order chi connectivity index (χ1) is 7.74. The van der Waals surface area contributed by atoms with E-state index in [9.17, 15) is 4.79 Å². The standard InChI is InChI=1S/C12H15N3O/c1-13-14-11-10-6-4-3-5-9(10)7-8-15(2)12(11)16/h3-6,13H,7-8H2,1-2H3/b14-11+. The molecule has 4 heteroatoms. The van der Waals surface area contributed by atoms with Crippen molar-refractivity contribution in [3.63, 3.8) is 0 Å². The fourth-order valence-corrected chi connectivity index (χ4v) is 1.87. The molecule has 16 heavy (non-hydrogen) atoms. The van der Waals surface area contributed by atoms with Crippen molar-refractivity contribution in [2.75, 3.05) is 20.6 Å². The van der Waals surface area contributed by atoms with E-state index >= 15 is 0 Å². The van der Waals surface area contributed by atoms with Crippen LogP contribution in [-0.4, -0.2) is 37.2 Å². The van der Waals surface area contributed by atoms with Crippen LogP contribution in [0.3, 0.4) is 0 Å². The monoisotopic (exact) mass is 217 g/mol. The Morgan fingerprint density at radius 1 is 1.38 bits per heavy atom. The number of likely N-dealkylation sites (N-methyl/N-ethyl adjacent to an activating group) is 1. The van der Waals surface area contributed by atoms with E-state index in [2.05, 4.69) is 10.5 Å². The van der Waals surface area contributed by atoms with Gasteiger partial charge in [-0.2, -0.15) is 5.10 Å². The first-order valence-corrected chi connectivity index (χ1v) is 5.32. The molecule has 84 valence electrons. The lowest BCUT2D eigenvalue weighted by molar-refractivity contribution is -0.122. The molecule has 1 aromatic rings. The van der Waals surface area contributed by atoms with Crippen LogP contribution in [0, 0.1) is 0 Å². The fourth-order valence-electron chi connectivity index (χ4n) is 1.87. The van der Waals surface area contributed by atoms with Gasteiger partial charge >= 0.3 is 0 Å². The predicted octanol–water partition coefficient (Wildman–Crippen LogP) is 0.625. The van der Waals surface area contributed by atoms with E-state index in [4.69, 9.17) is 0 Å². The molecule has 1 heterocycles. The minimum Gasteiger partial charge on any atom is -0.340 e. The van der Waals surface area contributed by atoms with Gasteiger partial charge < -0.3 is 10.3 Å². The molecule has 1 aromatic carbocycles. The highest BCUT2D eigenvalue weighted by Gasteiger charge is 2.24. The van der Waals surface area contributed by atoms with Crippen molar-refractivity contribution in [2.24, 2.45) is 5.10 Å². The molecule has 1 aliphatic heterocycles. The van der Waals surface area contributed by atoms with Crippen molar-refractivity contribution < 1.29 is 4.79 Å². The van der Waals surface area contributed by atoms with E-state index in [0.717, 1.165) is 18.5 Å². The predicted molar refractivity (Wildman–Crippen MR) is 63.4 cm³/mol. The minimum atomic E-state index is -0.0284. The van der Waals surface area contributed by atoms with Gasteiger partial charge in [0.2, 0.25) is 0 Å². The molecule has 1 aliphatic rings. The molecule has 1 amide bonds. The van der Waals surface area contributed by atoms with E-state index in [1.807, 2.05) is 24.3 Å². The lowest BCUT2D eigenvalue weighted by atomic mass is 10.0. The summed E-state index contributed by atoms with van der Waals surface area (Å²) in [4.78, 5) is 13.8. The van der Waals surface area contributed by atoms with Crippen LogP contribution in [0.5, 0.6) is 0 Å². The number of rotatable bonds is 1. The second-order valence-electron chi connectivity index (χ2n) is 3.82. The maximum Gasteiger partial charge on any atom is 0.274 e. The van der Waals surface area contributed by atoms with Crippen molar-refractivity contribution in [3.05, 3.63) is 35.4 Å². The van der Waals surface area contributed by atoms with Gasteiger partial charge in [0, 0.05) is 26.2 Å². The molecule has 0 radical (unpaired) electrons. The van der Waals surface area contributed by atoms with Crippen LogP contribution in [0.15, 0.2) is 29.4 Å². The molecule has 0 saturated heterocycles. The number of hydrogen-bond acceptors (Lipinski definition) is 3. The zero-order valence-electron chi connectivity index (χ0n) is 9.53. The Morgan fingerprint density at radius 2 is 2.12 bits per heavy atom. The number of amides is 1. The summed E-state index contributed by atoms with van der Waals surface area (Å²) in [6.07, 6.45) is 0.876. The fraction of sp³-hybridized carbons (Fsp3) is 0.333. The molecule has 1 N–H and O–H groups in total. The second-order valence-corrected chi connectivity index (χ2v) is 3.82. The van der Waals surface area contributed by atoms with Crippen LogP contribution in [0.4, 0.5) is 0 Å². The zero-order chi connectivity index (χ0) is 11.5. The summed E-state index contributed by atoms with van der Waals surface area (Å²) in [5, 5.41) is 4.09. The Morgan fingerprint density at radius 3 is 2.88 bits per heavy atom. The molecule has 0 unspecified atom stereocenters. The first-order valence-electron chi connectivity index (χ1n) is 5.32. The van der Waals surface area contributed by atoms with Crippen molar-refractivity contribution in [1.29, 1.82) is 0 Å². The molecule has 0 bridgehead atoms. The Bertz CT molecular complexity index is 440. The largest absolute Gasteiger partial charge is 0.340 e. The number of hydrazone groups is 1. The van der Waals surface area contributed by atoms with Crippen LogP contribution in [0.2, 0.25) is 0 Å². The lowest BCUT2D eigenvalue weighted by Crippen LogP contribution is -2.33. The number of benzene rings is 1. The first kappa shape index (κ1) is 10.7. The summed E-state index contributed by atoms with van der Waals surface area (Å²) in [6.45, 7) is 0.735.